The van der Waals surface area contributed by atoms with E-state index in [1.807, 2.05) is 217 Å². The number of aromatic nitrogens is 4. The minimum absolute atomic E-state index is 0. The molecule has 19 heteroatoms. The van der Waals surface area contributed by atoms with Gasteiger partial charge in [0.15, 0.2) is 59.5 Å². The number of sulfone groups is 1. The van der Waals surface area contributed by atoms with Gasteiger partial charge in [-0.2, -0.15) is 0 Å². The van der Waals surface area contributed by atoms with Gasteiger partial charge in [-0.05, 0) is 149 Å². The summed E-state index contributed by atoms with van der Waals surface area (Å²) in [5, 5.41) is 10.8. The van der Waals surface area contributed by atoms with Crippen LogP contribution in [0.25, 0.3) is 56.5 Å². The maximum absolute atomic E-state index is 14.0. The average Bonchev–Trinajstić information content (AvgIpc) is 1.13. The number of nitrogens with one attached hydrogen (secondary N) is 1. The van der Waals surface area contributed by atoms with Gasteiger partial charge in [-0.25, -0.2) is 48.5 Å². The van der Waals surface area contributed by atoms with Gasteiger partial charge in [-0.1, -0.05) is 279 Å². The van der Waals surface area contributed by atoms with Gasteiger partial charge in [0.2, 0.25) is 21.6 Å². The molecule has 0 spiro atoms. The summed E-state index contributed by atoms with van der Waals surface area (Å²) >= 11 is 0. The molecular weight excluding hydrogens is 1520 g/mol. The number of ketones is 1. The van der Waals surface area contributed by atoms with Crippen molar-refractivity contribution in [2.24, 2.45) is 0 Å². The van der Waals surface area contributed by atoms with Gasteiger partial charge in [-0.15, -0.1) is 10.2 Å². The lowest BCUT2D eigenvalue weighted by molar-refractivity contribution is 0.103. The number of imidazole rings is 1. The summed E-state index contributed by atoms with van der Waals surface area (Å²) in [5.74, 6) is -14.2. The molecule has 9 nitrogen and oxygen atoms in total. The predicted molar refractivity (Wildman–Crippen MR) is 456 cm³/mol. The van der Waals surface area contributed by atoms with Crippen molar-refractivity contribution in [2.45, 2.75) is 115 Å². The van der Waals surface area contributed by atoms with Crippen LogP contribution in [0.15, 0.2) is 281 Å². The van der Waals surface area contributed by atoms with E-state index in [1.54, 1.807) is 48.5 Å². The molecule has 0 atom stereocenters. The second kappa shape index (κ2) is 40.2. The third-order valence-electron chi connectivity index (χ3n) is 18.4. The minimum atomic E-state index is -3.37. The van der Waals surface area contributed by atoms with E-state index in [0.717, 1.165) is 71.7 Å². The Kier molecular flexibility index (Phi) is 31.5. The number of benzene rings is 13. The Hall–Kier alpha value is -12.2. The van der Waals surface area contributed by atoms with Crippen LogP contribution in [0, 0.1) is 130 Å². The molecule has 13 aromatic carbocycles. The van der Waals surface area contributed by atoms with Crippen molar-refractivity contribution in [1.29, 1.82) is 0 Å². The molecule has 0 aliphatic rings. The Bertz CT molecular complexity index is 5660. The number of hydrogen-bond acceptors (Lipinski definition) is 8. The van der Waals surface area contributed by atoms with E-state index in [4.69, 9.17) is 4.42 Å². The van der Waals surface area contributed by atoms with Crippen LogP contribution in [-0.4, -0.2) is 34.4 Å². The lowest BCUT2D eigenvalue weighted by Gasteiger charge is -2.20. The van der Waals surface area contributed by atoms with E-state index in [0.29, 0.717) is 35.4 Å². The molecule has 0 bridgehead atoms. The SMILES string of the molecule is C.C.C.Cc1c(F)c(F)c(-c2c(F)c(F)c(C)c(F)c2F)c(F)c1F.Cc1ccc(-c2nc3ccc(C)cc3[nH]2)cc1.Cc1ccc(-c2nnc(-c3ccc(C)cc3)o2)cc1.Cc1ccc(C(=O)c2ccc(C)cc2)cc1.Cc1ccc(P(=O)(c2ccccc2)c2ccc(C)cc2)cc1.Cc1ccc(S(=O)(=O)c2ccc(C)cc2)cc1. The maximum Gasteiger partial charge on any atom is 0.248 e. The fourth-order valence-corrected chi connectivity index (χ4v) is 15.4. The molecule has 0 amide bonds. The molecule has 0 aliphatic heterocycles. The number of halogens is 8. The molecule has 0 saturated carbocycles. The van der Waals surface area contributed by atoms with Crippen LogP contribution in [-0.2, 0) is 14.4 Å². The van der Waals surface area contributed by atoms with Gasteiger partial charge in [0, 0.05) is 54.9 Å². The molecule has 2 heterocycles. The van der Waals surface area contributed by atoms with Crippen LogP contribution in [0.4, 0.5) is 35.1 Å². The first-order chi connectivity index (χ1) is 53.8. The van der Waals surface area contributed by atoms with Gasteiger partial charge >= 0.3 is 0 Å². The van der Waals surface area contributed by atoms with Crippen molar-refractivity contribution in [3.05, 3.63) is 391 Å². The first-order valence-corrected chi connectivity index (χ1v) is 39.0. The molecule has 1 N–H and O–H groups in total. The Morgan fingerprint density at radius 3 is 0.940 bits per heavy atom. The summed E-state index contributed by atoms with van der Waals surface area (Å²) in [5.41, 5.74) is 12.5. The van der Waals surface area contributed by atoms with E-state index in [2.05, 4.69) is 90.3 Å². The lowest BCUT2D eigenvalue weighted by Crippen LogP contribution is -2.25. The highest BCUT2D eigenvalue weighted by Gasteiger charge is 2.33. The van der Waals surface area contributed by atoms with Crippen molar-refractivity contribution in [3.8, 4) is 45.4 Å². The molecule has 116 heavy (non-hydrogen) atoms. The fourth-order valence-electron chi connectivity index (χ4n) is 11.5. The Balaban J connectivity index is 0.000000192. The summed E-state index contributed by atoms with van der Waals surface area (Å²) in [6.07, 6.45) is 0. The number of fused-ring (bicyclic) bond motifs is 1. The number of H-pyrrole nitrogens is 1. The number of carbonyl (C=O) groups excluding carboxylic acids is 1. The van der Waals surface area contributed by atoms with Gasteiger partial charge in [0.1, 0.15) is 5.82 Å². The summed E-state index contributed by atoms with van der Waals surface area (Å²) < 4.78 is 153. The number of aryl methyl sites for hydroxylation is 10. The topological polar surface area (TPSA) is 136 Å². The van der Waals surface area contributed by atoms with E-state index in [-0.39, 0.29) is 28.1 Å². The van der Waals surface area contributed by atoms with E-state index < -0.39 is 85.8 Å². The monoisotopic (exact) mass is 1610 g/mol. The third kappa shape index (κ3) is 21.8. The van der Waals surface area contributed by atoms with Crippen LogP contribution in [0.3, 0.4) is 0 Å². The zero-order valence-corrected chi connectivity index (χ0v) is 65.9. The molecule has 0 saturated heterocycles. The van der Waals surface area contributed by atoms with Gasteiger partial charge in [0.25, 0.3) is 0 Å². The molecular formula is C97H93F8N4O5PS. The summed E-state index contributed by atoms with van der Waals surface area (Å²) in [6, 6.07) is 85.7. The van der Waals surface area contributed by atoms with Crippen LogP contribution in [0.2, 0.25) is 0 Å². The number of carbonyl (C=O) groups is 1. The number of rotatable bonds is 11. The van der Waals surface area contributed by atoms with Crippen molar-refractivity contribution in [1.82, 2.24) is 20.2 Å². The normalized spacial score (nSPS) is 10.7. The highest BCUT2D eigenvalue weighted by atomic mass is 32.2. The van der Waals surface area contributed by atoms with Crippen LogP contribution in [0.1, 0.15) is 105 Å². The van der Waals surface area contributed by atoms with Crippen molar-refractivity contribution in [3.63, 3.8) is 0 Å². The van der Waals surface area contributed by atoms with Crippen molar-refractivity contribution < 1.29 is 57.3 Å². The van der Waals surface area contributed by atoms with Gasteiger partial charge in [0.05, 0.1) is 32.0 Å². The van der Waals surface area contributed by atoms with E-state index in [1.165, 1.54) is 44.5 Å². The molecule has 0 radical (unpaired) electrons. The fraction of sp³-hybridized carbons (Fsp3) is 0.155. The second-order valence-electron chi connectivity index (χ2n) is 27.4. The second-order valence-corrected chi connectivity index (χ2v) is 32.2. The molecule has 15 rings (SSSR count). The largest absolute Gasteiger partial charge is 0.416 e. The highest BCUT2D eigenvalue weighted by molar-refractivity contribution is 7.91. The van der Waals surface area contributed by atoms with Crippen molar-refractivity contribution >= 4 is 49.7 Å². The zero-order valence-electron chi connectivity index (χ0n) is 64.2. The number of hydrogen-bond donors (Lipinski definition) is 1. The van der Waals surface area contributed by atoms with Crippen LogP contribution >= 0.6 is 7.14 Å². The lowest BCUT2D eigenvalue weighted by atomic mass is 9.98. The van der Waals surface area contributed by atoms with E-state index in [9.17, 15) is 52.9 Å². The first kappa shape index (κ1) is 90.9. The first-order valence-electron chi connectivity index (χ1n) is 35.9. The quantitative estimate of drug-likeness (QED) is 0.0585. The Labute approximate surface area is 675 Å². The average molecular weight is 1610 g/mol. The highest BCUT2D eigenvalue weighted by Crippen LogP contribution is 2.43. The zero-order chi connectivity index (χ0) is 81.6. The molecule has 15 aromatic rings. The van der Waals surface area contributed by atoms with Gasteiger partial charge in [-0.3, -0.25) is 4.79 Å². The molecule has 0 aliphatic carbocycles. The molecule has 2 aromatic heterocycles. The molecule has 598 valence electrons. The van der Waals surface area contributed by atoms with Crippen molar-refractivity contribution in [2.75, 3.05) is 0 Å². The third-order valence-corrected chi connectivity index (χ3v) is 23.3. The van der Waals surface area contributed by atoms with E-state index >= 15 is 0 Å². The summed E-state index contributed by atoms with van der Waals surface area (Å²) in [7, 11) is -6.19. The van der Waals surface area contributed by atoms with Crippen LogP contribution < -0.4 is 15.9 Å². The number of aromatic amines is 1. The van der Waals surface area contributed by atoms with Gasteiger partial charge < -0.3 is 14.0 Å². The summed E-state index contributed by atoms with van der Waals surface area (Å²) in [6.45, 7) is 21.6. The molecule has 0 unspecified atom stereocenters. The maximum atomic E-state index is 14.0. The Morgan fingerprint density at radius 1 is 0.336 bits per heavy atom. The standard InChI is InChI=1S/C20H19OP.C16H14N2O.C15H14N2.C15H14O.C14H6F8.C14H14O2S.3CH4/c1-16-8-12-19(13-9-16)22(21,18-6-4-3-5-7-18)20-14-10-17(2)11-15-20;1-11-3-7-13(8-4-11)15-17-18-16(19-15)14-9-5-12(2)6-10-14;1-10-3-6-12(7-4-10)15-16-13-8-5-11(2)9-14(13)17-15;1-11-3-7-13(8-4-11)15(16)14-9-5-12(2)6-10-14;1-3-7(15)11(19)5(12(20)8(3)16)6-13(21)9(17)4(2)10(18)14(6)22;1-11-3-7-13(8-4-11)17(15,16)14-9-5-12(2)6-10-14;;;/h3-15H,1-2H3;3-10H,1-2H3;3-9H,1-2H3,(H,16,17);3-10H,1-2H3;1-2H3;3-10H,1-2H3;3*1H4. The summed E-state index contributed by atoms with van der Waals surface area (Å²) in [4.78, 5) is 20.7. The Morgan fingerprint density at radius 2 is 0.612 bits per heavy atom. The predicted octanol–water partition coefficient (Wildman–Crippen LogP) is 25.5. The molecule has 0 fully saturated rings. The smallest absolute Gasteiger partial charge is 0.248 e. The van der Waals surface area contributed by atoms with Crippen LogP contribution in [0.5, 0.6) is 0 Å². The number of nitrogens with zero attached hydrogens (tertiary/aromatic N) is 3. The minimum Gasteiger partial charge on any atom is -0.416 e.